The molecule has 1 aromatic carbocycles. The molecule has 0 aliphatic rings. The summed E-state index contributed by atoms with van der Waals surface area (Å²) in [5.41, 5.74) is 1.10. The van der Waals surface area contributed by atoms with Crippen LogP contribution in [0.5, 0.6) is 0 Å². The molecule has 0 radical (unpaired) electrons. The summed E-state index contributed by atoms with van der Waals surface area (Å²) in [7, 11) is 0. The summed E-state index contributed by atoms with van der Waals surface area (Å²) in [4.78, 5) is 8.63. The van der Waals surface area contributed by atoms with Gasteiger partial charge in [0, 0.05) is 0 Å². The SMILES string of the molecule is c1ccc2c(c1)nc1nc2[se]1. The van der Waals surface area contributed by atoms with Gasteiger partial charge in [-0.1, -0.05) is 0 Å². The first kappa shape index (κ1) is 5.69. The molecule has 0 saturated carbocycles. The predicted molar refractivity (Wildman–Crippen MR) is 45.2 cm³/mol. The molecule has 3 heterocycles. The Bertz CT molecular complexity index is 485. The van der Waals surface area contributed by atoms with Crippen LogP contribution in [0.25, 0.3) is 19.8 Å². The third kappa shape index (κ3) is 0.669. The number of benzene rings is 1. The monoisotopic (exact) mass is 208 g/mol. The molecule has 2 nitrogen and oxygen atoms in total. The van der Waals surface area contributed by atoms with Gasteiger partial charge in [-0.05, 0) is 0 Å². The van der Waals surface area contributed by atoms with E-state index in [0.29, 0.717) is 14.5 Å². The van der Waals surface area contributed by atoms with Gasteiger partial charge in [-0.2, -0.15) is 0 Å². The van der Waals surface area contributed by atoms with Crippen molar-refractivity contribution in [2.24, 2.45) is 0 Å². The third-order valence-electron chi connectivity index (χ3n) is 1.74. The van der Waals surface area contributed by atoms with Crippen LogP contribution in [0.15, 0.2) is 24.3 Å². The fourth-order valence-corrected chi connectivity index (χ4v) is 2.74. The van der Waals surface area contributed by atoms with Gasteiger partial charge in [-0.3, -0.25) is 0 Å². The molecule has 3 heteroatoms. The zero-order chi connectivity index (χ0) is 7.26. The molecular weight excluding hydrogens is 203 g/mol. The van der Waals surface area contributed by atoms with Crippen LogP contribution in [0, 0.1) is 0 Å². The summed E-state index contributed by atoms with van der Waals surface area (Å²) in [6, 6.07) is 8.19. The van der Waals surface area contributed by atoms with Crippen molar-refractivity contribution in [2.75, 3.05) is 0 Å². The van der Waals surface area contributed by atoms with Gasteiger partial charge < -0.3 is 0 Å². The minimum atomic E-state index is 0.453. The van der Waals surface area contributed by atoms with E-state index < -0.39 is 0 Å². The van der Waals surface area contributed by atoms with E-state index in [9.17, 15) is 0 Å². The molecule has 0 amide bonds. The maximum atomic E-state index is 4.37. The van der Waals surface area contributed by atoms with Crippen molar-refractivity contribution < 1.29 is 0 Å². The zero-order valence-corrected chi connectivity index (χ0v) is 7.33. The van der Waals surface area contributed by atoms with Gasteiger partial charge >= 0.3 is 68.6 Å². The first-order chi connectivity index (χ1) is 5.43. The molecule has 0 spiro atoms. The van der Waals surface area contributed by atoms with E-state index in [4.69, 9.17) is 0 Å². The average molecular weight is 207 g/mol. The van der Waals surface area contributed by atoms with Crippen LogP contribution in [0.2, 0.25) is 0 Å². The van der Waals surface area contributed by atoms with Crippen LogP contribution in [0.1, 0.15) is 0 Å². The topological polar surface area (TPSA) is 25.8 Å². The normalized spacial score (nSPS) is 11.6. The first-order valence-corrected chi connectivity index (χ1v) is 5.09. The average Bonchev–Trinajstić information content (AvgIpc) is 2.02. The molecule has 4 aromatic rings. The molecule has 0 saturated heterocycles. The Morgan fingerprint density at radius 2 is 1.91 bits per heavy atom. The minimum absolute atomic E-state index is 0.453. The number of hydrogen-bond acceptors (Lipinski definition) is 2. The number of hydrogen-bond donors (Lipinski definition) is 0. The second-order valence-electron chi connectivity index (χ2n) is 2.43. The molecule has 3 aromatic heterocycles. The molecular formula is C8H4N2Se. The molecule has 0 aliphatic carbocycles. The standard InChI is InChI=1S/C8H4N2Se/c1-2-4-6-5(3-1)7-10-8(9-6)11-7/h1-4H. The Kier molecular flexibility index (Phi) is 0.939. The van der Waals surface area contributed by atoms with Crippen LogP contribution < -0.4 is 0 Å². The van der Waals surface area contributed by atoms with Crippen molar-refractivity contribution in [2.45, 2.75) is 0 Å². The molecule has 0 atom stereocenters. The molecule has 0 fully saturated rings. The molecule has 0 unspecified atom stereocenters. The Morgan fingerprint density at radius 3 is 2.73 bits per heavy atom. The summed E-state index contributed by atoms with van der Waals surface area (Å²) >= 11 is 0.453. The van der Waals surface area contributed by atoms with Crippen molar-refractivity contribution in [3.05, 3.63) is 24.3 Å². The first-order valence-electron chi connectivity index (χ1n) is 3.38. The number of rotatable bonds is 0. The van der Waals surface area contributed by atoms with E-state index in [1.807, 2.05) is 18.2 Å². The zero-order valence-electron chi connectivity index (χ0n) is 5.61. The van der Waals surface area contributed by atoms with E-state index in [2.05, 4.69) is 16.0 Å². The van der Waals surface area contributed by atoms with Crippen molar-refractivity contribution in [3.63, 3.8) is 0 Å². The Labute approximate surface area is 69.0 Å². The second-order valence-corrected chi connectivity index (χ2v) is 4.44. The summed E-state index contributed by atoms with van der Waals surface area (Å²) in [6.07, 6.45) is 0. The number of nitrogens with zero attached hydrogens (tertiary/aromatic N) is 2. The molecule has 0 aliphatic heterocycles. The van der Waals surface area contributed by atoms with Crippen molar-refractivity contribution >= 4 is 34.3 Å². The number of para-hydroxylation sites is 1. The Hall–Kier alpha value is -0.921. The molecule has 11 heavy (non-hydrogen) atoms. The van der Waals surface area contributed by atoms with Gasteiger partial charge in [0.1, 0.15) is 0 Å². The van der Waals surface area contributed by atoms with Crippen LogP contribution in [0.4, 0.5) is 0 Å². The molecule has 4 rings (SSSR count). The quantitative estimate of drug-likeness (QED) is 0.519. The van der Waals surface area contributed by atoms with Gasteiger partial charge in [-0.15, -0.1) is 0 Å². The van der Waals surface area contributed by atoms with Crippen LogP contribution >= 0.6 is 0 Å². The van der Waals surface area contributed by atoms with E-state index in [-0.39, 0.29) is 0 Å². The van der Waals surface area contributed by atoms with Crippen molar-refractivity contribution in [1.29, 1.82) is 0 Å². The molecule has 0 N–H and O–H groups in total. The number of aromatic nitrogens is 2. The van der Waals surface area contributed by atoms with E-state index >= 15 is 0 Å². The van der Waals surface area contributed by atoms with Gasteiger partial charge in [-0.25, -0.2) is 0 Å². The maximum absolute atomic E-state index is 4.37. The third-order valence-corrected chi connectivity index (χ3v) is 3.56. The second kappa shape index (κ2) is 1.81. The van der Waals surface area contributed by atoms with Gasteiger partial charge in [0.15, 0.2) is 0 Å². The fraction of sp³-hybridized carbons (Fsp3) is 0. The van der Waals surface area contributed by atoms with Gasteiger partial charge in [0.2, 0.25) is 0 Å². The van der Waals surface area contributed by atoms with Crippen LogP contribution in [-0.2, 0) is 0 Å². The predicted octanol–water partition coefficient (Wildman–Crippen LogP) is 1.28. The van der Waals surface area contributed by atoms with Gasteiger partial charge in [0.25, 0.3) is 0 Å². The Balaban J connectivity index is 2.66. The molecule has 2 bridgehead atoms. The van der Waals surface area contributed by atoms with E-state index in [0.717, 1.165) is 10.0 Å². The van der Waals surface area contributed by atoms with E-state index in [1.54, 1.807) is 0 Å². The van der Waals surface area contributed by atoms with E-state index in [1.165, 1.54) is 9.78 Å². The van der Waals surface area contributed by atoms with Crippen LogP contribution in [0.3, 0.4) is 0 Å². The summed E-state index contributed by atoms with van der Waals surface area (Å²) in [5.74, 6) is 0. The Morgan fingerprint density at radius 1 is 1.09 bits per heavy atom. The van der Waals surface area contributed by atoms with Gasteiger partial charge in [0.05, 0.1) is 0 Å². The van der Waals surface area contributed by atoms with Crippen molar-refractivity contribution in [3.8, 4) is 0 Å². The summed E-state index contributed by atoms with van der Waals surface area (Å²) < 4.78 is 2.31. The molecule has 52 valence electrons. The summed E-state index contributed by atoms with van der Waals surface area (Å²) in [5, 5.41) is 1.24. The fourth-order valence-electron chi connectivity index (χ4n) is 1.20. The summed E-state index contributed by atoms with van der Waals surface area (Å²) in [6.45, 7) is 0. The van der Waals surface area contributed by atoms with Crippen LogP contribution in [-0.4, -0.2) is 24.5 Å². The van der Waals surface area contributed by atoms with Crippen molar-refractivity contribution in [1.82, 2.24) is 9.97 Å².